The number of carboxylic acids is 1. The Hall–Kier alpha value is -2.03. The molecule has 24 heavy (non-hydrogen) atoms. The van der Waals surface area contributed by atoms with Gasteiger partial charge in [0.1, 0.15) is 5.75 Å². The molecule has 0 fully saturated rings. The van der Waals surface area contributed by atoms with Crippen molar-refractivity contribution in [3.8, 4) is 5.75 Å². The molecular formula is C21H28O3. The van der Waals surface area contributed by atoms with Crippen LogP contribution in [0.25, 0.3) is 0 Å². The second kappa shape index (κ2) is 7.69. The minimum absolute atomic E-state index is 0.235. The number of carboxylic acid groups (broad SMARTS) is 1. The number of hydrogen-bond acceptors (Lipinski definition) is 2. The highest BCUT2D eigenvalue weighted by Crippen LogP contribution is 2.42. The minimum Gasteiger partial charge on any atom is -0.508 e. The highest BCUT2D eigenvalue weighted by molar-refractivity contribution is 5.91. The quantitative estimate of drug-likeness (QED) is 0.722. The molecule has 0 radical (unpaired) electrons. The maximum Gasteiger partial charge on any atom is 0.335 e. The molecule has 0 saturated heterocycles. The molecule has 0 heterocycles. The van der Waals surface area contributed by atoms with Crippen LogP contribution >= 0.6 is 0 Å². The maximum absolute atomic E-state index is 11.7. The van der Waals surface area contributed by atoms with Gasteiger partial charge in [0.15, 0.2) is 0 Å². The summed E-state index contributed by atoms with van der Waals surface area (Å²) in [6.07, 6.45) is 8.75. The molecule has 1 unspecified atom stereocenters. The third-order valence-electron chi connectivity index (χ3n) is 5.17. The number of unbranched alkanes of at least 4 members (excludes halogenated alkanes) is 1. The van der Waals surface area contributed by atoms with Gasteiger partial charge in [0.05, 0.1) is 5.57 Å². The van der Waals surface area contributed by atoms with Gasteiger partial charge in [-0.1, -0.05) is 63.5 Å². The lowest BCUT2D eigenvalue weighted by molar-refractivity contribution is -0.132. The van der Waals surface area contributed by atoms with E-state index in [1.54, 1.807) is 18.2 Å². The van der Waals surface area contributed by atoms with Crippen LogP contribution in [0.4, 0.5) is 0 Å². The van der Waals surface area contributed by atoms with Crippen LogP contribution in [0, 0.1) is 5.92 Å². The van der Waals surface area contributed by atoms with E-state index in [2.05, 4.69) is 20.8 Å². The van der Waals surface area contributed by atoms with Crippen LogP contribution in [0.2, 0.25) is 0 Å². The summed E-state index contributed by atoms with van der Waals surface area (Å²) in [6.45, 7) is 6.45. The fourth-order valence-electron chi connectivity index (χ4n) is 3.61. The van der Waals surface area contributed by atoms with Gasteiger partial charge in [0, 0.05) is 5.41 Å². The smallest absolute Gasteiger partial charge is 0.335 e. The van der Waals surface area contributed by atoms with Crippen molar-refractivity contribution in [3.05, 3.63) is 53.1 Å². The summed E-state index contributed by atoms with van der Waals surface area (Å²) in [6, 6.07) is 7.24. The van der Waals surface area contributed by atoms with Crippen molar-refractivity contribution in [2.45, 2.75) is 58.3 Å². The lowest BCUT2D eigenvalue weighted by atomic mass is 9.69. The number of aromatic hydroxyl groups is 1. The number of aliphatic carboxylic acids is 1. The lowest BCUT2D eigenvalue weighted by Crippen LogP contribution is -2.27. The number of hydrogen-bond donors (Lipinski definition) is 2. The summed E-state index contributed by atoms with van der Waals surface area (Å²) < 4.78 is 0. The first-order valence-corrected chi connectivity index (χ1v) is 8.86. The summed E-state index contributed by atoms with van der Waals surface area (Å²) in [7, 11) is 0. The number of phenols is 1. The van der Waals surface area contributed by atoms with Gasteiger partial charge < -0.3 is 10.2 Å². The third-order valence-corrected chi connectivity index (χ3v) is 5.17. The summed E-state index contributed by atoms with van der Waals surface area (Å²) in [4.78, 5) is 11.7. The van der Waals surface area contributed by atoms with E-state index in [9.17, 15) is 15.0 Å². The molecule has 0 bridgehead atoms. The molecule has 0 amide bonds. The van der Waals surface area contributed by atoms with E-state index < -0.39 is 5.97 Å². The van der Waals surface area contributed by atoms with Gasteiger partial charge >= 0.3 is 5.97 Å². The minimum atomic E-state index is -0.830. The number of allylic oxidation sites excluding steroid dienone is 2. The van der Waals surface area contributed by atoms with E-state index in [4.69, 9.17) is 0 Å². The largest absolute Gasteiger partial charge is 0.508 e. The second-order valence-corrected chi connectivity index (χ2v) is 6.97. The second-order valence-electron chi connectivity index (χ2n) is 6.97. The van der Waals surface area contributed by atoms with Crippen LogP contribution in [-0.2, 0) is 10.2 Å². The third kappa shape index (κ3) is 3.89. The van der Waals surface area contributed by atoms with Gasteiger partial charge in [-0.25, -0.2) is 4.79 Å². The fraction of sp³-hybridized carbons (Fsp3) is 0.476. The molecule has 1 aromatic rings. The highest BCUT2D eigenvalue weighted by Gasteiger charge is 2.33. The zero-order valence-corrected chi connectivity index (χ0v) is 14.9. The van der Waals surface area contributed by atoms with Crippen molar-refractivity contribution in [3.63, 3.8) is 0 Å². The van der Waals surface area contributed by atoms with Crippen LogP contribution in [0.1, 0.15) is 58.4 Å². The standard InChI is InChI=1S/C21H28O3/c1-4-6-7-15(5-2)19-14-21(3,13-12-18(19)20(23)24)16-8-10-17(22)11-9-16/h8-13,15,22H,4-7,14H2,1-3H3,(H,23,24)/t15?,21-/m0/s1. The average molecular weight is 328 g/mol. The van der Waals surface area contributed by atoms with Crippen LogP contribution in [0.3, 0.4) is 0 Å². The van der Waals surface area contributed by atoms with Gasteiger partial charge in [-0.05, 0) is 42.9 Å². The Morgan fingerprint density at radius 2 is 1.92 bits per heavy atom. The van der Waals surface area contributed by atoms with Crippen LogP contribution in [0.15, 0.2) is 47.6 Å². The molecule has 0 spiro atoms. The zero-order valence-electron chi connectivity index (χ0n) is 14.9. The van der Waals surface area contributed by atoms with E-state index in [0.717, 1.165) is 43.2 Å². The van der Waals surface area contributed by atoms with Gasteiger partial charge in [0.25, 0.3) is 0 Å². The van der Waals surface area contributed by atoms with Gasteiger partial charge in [-0.15, -0.1) is 0 Å². The molecular weight excluding hydrogens is 300 g/mol. The molecule has 3 heteroatoms. The maximum atomic E-state index is 11.7. The molecule has 130 valence electrons. The Morgan fingerprint density at radius 3 is 2.46 bits per heavy atom. The number of phenolic OH excluding ortho intramolecular Hbond substituents is 1. The Labute approximate surface area is 144 Å². The number of carbonyl (C=O) groups is 1. The summed E-state index contributed by atoms with van der Waals surface area (Å²) in [5.41, 5.74) is 2.40. The number of rotatable bonds is 7. The average Bonchev–Trinajstić information content (AvgIpc) is 2.56. The molecule has 1 aliphatic carbocycles. The highest BCUT2D eigenvalue weighted by atomic mass is 16.4. The van der Waals surface area contributed by atoms with Crippen LogP contribution in [0.5, 0.6) is 5.75 Å². The van der Waals surface area contributed by atoms with Crippen molar-refractivity contribution in [2.75, 3.05) is 0 Å². The van der Waals surface area contributed by atoms with Crippen LogP contribution in [-0.4, -0.2) is 16.2 Å². The van der Waals surface area contributed by atoms with Crippen LogP contribution < -0.4 is 0 Å². The lowest BCUT2D eigenvalue weighted by Gasteiger charge is -2.35. The van der Waals surface area contributed by atoms with Gasteiger partial charge in [-0.3, -0.25) is 0 Å². The predicted octanol–water partition coefficient (Wildman–Crippen LogP) is 5.21. The van der Waals surface area contributed by atoms with Crippen molar-refractivity contribution in [1.29, 1.82) is 0 Å². The van der Waals surface area contributed by atoms with Crippen molar-refractivity contribution < 1.29 is 15.0 Å². The van der Waals surface area contributed by atoms with E-state index in [1.807, 2.05) is 18.2 Å². The summed E-state index contributed by atoms with van der Waals surface area (Å²) >= 11 is 0. The summed E-state index contributed by atoms with van der Waals surface area (Å²) in [5.74, 6) is -0.264. The molecule has 0 saturated carbocycles. The molecule has 2 rings (SSSR count). The van der Waals surface area contributed by atoms with E-state index in [-0.39, 0.29) is 11.2 Å². The normalized spacial score (nSPS) is 21.8. The monoisotopic (exact) mass is 328 g/mol. The molecule has 3 nitrogen and oxygen atoms in total. The molecule has 1 aliphatic rings. The molecule has 2 atom stereocenters. The Balaban J connectivity index is 2.38. The van der Waals surface area contributed by atoms with Gasteiger partial charge in [0.2, 0.25) is 0 Å². The first-order chi connectivity index (χ1) is 11.4. The van der Waals surface area contributed by atoms with E-state index >= 15 is 0 Å². The molecule has 2 N–H and O–H groups in total. The van der Waals surface area contributed by atoms with E-state index in [1.165, 1.54) is 0 Å². The van der Waals surface area contributed by atoms with E-state index in [0.29, 0.717) is 11.5 Å². The molecule has 0 aliphatic heterocycles. The fourth-order valence-corrected chi connectivity index (χ4v) is 3.61. The predicted molar refractivity (Wildman–Crippen MR) is 97.2 cm³/mol. The number of benzene rings is 1. The first-order valence-electron chi connectivity index (χ1n) is 8.86. The van der Waals surface area contributed by atoms with Crippen molar-refractivity contribution in [1.82, 2.24) is 0 Å². The topological polar surface area (TPSA) is 57.5 Å². The molecule has 1 aromatic carbocycles. The first kappa shape index (κ1) is 18.3. The Kier molecular flexibility index (Phi) is 5.87. The SMILES string of the molecule is CCCCC(CC)C1=C(C(=O)O)C=C[C@](C)(c2ccc(O)cc2)C1. The van der Waals surface area contributed by atoms with Crippen molar-refractivity contribution in [2.24, 2.45) is 5.92 Å². The Morgan fingerprint density at radius 1 is 1.25 bits per heavy atom. The van der Waals surface area contributed by atoms with Gasteiger partial charge in [-0.2, -0.15) is 0 Å². The zero-order chi connectivity index (χ0) is 17.7. The Bertz CT molecular complexity index is 640. The summed E-state index contributed by atoms with van der Waals surface area (Å²) in [5, 5.41) is 19.1. The molecule has 0 aromatic heterocycles. The van der Waals surface area contributed by atoms with Crippen molar-refractivity contribution >= 4 is 5.97 Å².